The summed E-state index contributed by atoms with van der Waals surface area (Å²) in [4.78, 5) is 6.94. The number of nitrogens with two attached hydrogens (primary N) is 1. The average molecular weight is 261 g/mol. The minimum atomic E-state index is 0.328. The summed E-state index contributed by atoms with van der Waals surface area (Å²) in [6.45, 7) is 9.72. The van der Waals surface area contributed by atoms with Crippen molar-refractivity contribution in [1.29, 1.82) is 0 Å². The van der Waals surface area contributed by atoms with Crippen LogP contribution in [0.4, 0.5) is 0 Å². The fourth-order valence-electron chi connectivity index (χ4n) is 2.90. The van der Waals surface area contributed by atoms with Gasteiger partial charge in [-0.2, -0.15) is 0 Å². The van der Waals surface area contributed by atoms with E-state index in [1.54, 1.807) is 0 Å². The highest BCUT2D eigenvalue weighted by molar-refractivity contribution is 5.18. The van der Waals surface area contributed by atoms with Crippen LogP contribution in [0.5, 0.6) is 0 Å². The Labute approximate surface area is 117 Å². The number of rotatable bonds is 4. The molecule has 19 heavy (non-hydrogen) atoms. The first-order valence-corrected chi connectivity index (χ1v) is 7.44. The minimum Gasteiger partial charge on any atom is -0.329 e. The van der Waals surface area contributed by atoms with Crippen molar-refractivity contribution < 1.29 is 0 Å². The molecule has 1 aliphatic rings. The summed E-state index contributed by atoms with van der Waals surface area (Å²) in [7, 11) is 0. The lowest BCUT2D eigenvalue weighted by Crippen LogP contribution is -2.42. The van der Waals surface area contributed by atoms with Crippen molar-refractivity contribution in [2.45, 2.75) is 46.1 Å². The molecule has 0 amide bonds. The molecule has 0 radical (unpaired) electrons. The number of aromatic nitrogens is 1. The third-order valence-corrected chi connectivity index (χ3v) is 4.84. The third-order valence-electron chi connectivity index (χ3n) is 4.84. The Kier molecular flexibility index (Phi) is 4.58. The van der Waals surface area contributed by atoms with Gasteiger partial charge in [0, 0.05) is 24.5 Å². The summed E-state index contributed by atoms with van der Waals surface area (Å²) in [5.74, 6) is 0. The highest BCUT2D eigenvalue weighted by atomic mass is 15.2. The molecular weight excluding hydrogens is 234 g/mol. The second kappa shape index (κ2) is 6.02. The fourth-order valence-corrected chi connectivity index (χ4v) is 2.90. The van der Waals surface area contributed by atoms with Crippen molar-refractivity contribution in [3.05, 3.63) is 29.6 Å². The number of likely N-dealkylation sites (tertiary alicyclic amines) is 1. The Morgan fingerprint density at radius 1 is 1.37 bits per heavy atom. The molecule has 0 spiro atoms. The summed E-state index contributed by atoms with van der Waals surface area (Å²) in [6.07, 6.45) is 5.82. The number of hydrogen-bond acceptors (Lipinski definition) is 3. The molecule has 0 saturated carbocycles. The molecule has 1 fully saturated rings. The lowest BCUT2D eigenvalue weighted by molar-refractivity contribution is 0.0828. The molecule has 0 aromatic carbocycles. The van der Waals surface area contributed by atoms with E-state index < -0.39 is 0 Å². The molecule has 1 aliphatic heterocycles. The standard InChI is InChI=1S/C16H27N3/c1-4-16(3)7-9-19(10-8-16)15(11-17)14-6-5-13(2)18-12-14/h5-6,12,15H,4,7-11,17H2,1-3H3. The number of pyridine rings is 1. The van der Waals surface area contributed by atoms with Gasteiger partial charge in [-0.15, -0.1) is 0 Å². The molecule has 2 heterocycles. The molecule has 1 aromatic rings. The SMILES string of the molecule is CCC1(C)CCN(C(CN)c2ccc(C)nc2)CC1. The first-order valence-electron chi connectivity index (χ1n) is 7.44. The molecule has 1 aromatic heterocycles. The molecule has 1 atom stereocenters. The monoisotopic (exact) mass is 261 g/mol. The third kappa shape index (κ3) is 3.34. The molecule has 0 bridgehead atoms. The van der Waals surface area contributed by atoms with Gasteiger partial charge >= 0.3 is 0 Å². The largest absolute Gasteiger partial charge is 0.329 e. The predicted molar refractivity (Wildman–Crippen MR) is 80.0 cm³/mol. The maximum absolute atomic E-state index is 6.00. The van der Waals surface area contributed by atoms with Crippen LogP contribution in [-0.4, -0.2) is 29.5 Å². The highest BCUT2D eigenvalue weighted by Crippen LogP contribution is 2.36. The molecule has 3 heteroatoms. The normalized spacial score (nSPS) is 21.3. The van der Waals surface area contributed by atoms with Gasteiger partial charge in [-0.25, -0.2) is 0 Å². The van der Waals surface area contributed by atoms with Gasteiger partial charge in [0.1, 0.15) is 0 Å². The van der Waals surface area contributed by atoms with Crippen LogP contribution >= 0.6 is 0 Å². The van der Waals surface area contributed by atoms with Crippen molar-refractivity contribution in [2.24, 2.45) is 11.1 Å². The minimum absolute atomic E-state index is 0.328. The van der Waals surface area contributed by atoms with Crippen molar-refractivity contribution in [1.82, 2.24) is 9.88 Å². The summed E-state index contributed by atoms with van der Waals surface area (Å²) in [6, 6.07) is 4.58. The molecule has 106 valence electrons. The Bertz CT molecular complexity index is 391. The summed E-state index contributed by atoms with van der Waals surface area (Å²) < 4.78 is 0. The molecule has 1 saturated heterocycles. The number of aryl methyl sites for hydroxylation is 1. The summed E-state index contributed by atoms with van der Waals surface area (Å²) in [5.41, 5.74) is 8.86. The van der Waals surface area contributed by atoms with Crippen molar-refractivity contribution in [2.75, 3.05) is 19.6 Å². The molecular formula is C16H27N3. The van der Waals surface area contributed by atoms with Gasteiger partial charge in [-0.3, -0.25) is 9.88 Å². The predicted octanol–water partition coefficient (Wildman–Crippen LogP) is 2.90. The van der Waals surface area contributed by atoms with E-state index in [0.717, 1.165) is 18.8 Å². The van der Waals surface area contributed by atoms with Crippen LogP contribution in [0.25, 0.3) is 0 Å². The van der Waals surface area contributed by atoms with E-state index in [1.165, 1.54) is 24.8 Å². The summed E-state index contributed by atoms with van der Waals surface area (Å²) in [5, 5.41) is 0. The van der Waals surface area contributed by atoms with Crippen LogP contribution in [0.2, 0.25) is 0 Å². The Morgan fingerprint density at radius 2 is 2.05 bits per heavy atom. The Hall–Kier alpha value is -0.930. The smallest absolute Gasteiger partial charge is 0.0485 e. The summed E-state index contributed by atoms with van der Waals surface area (Å²) >= 11 is 0. The van der Waals surface area contributed by atoms with E-state index in [9.17, 15) is 0 Å². The van der Waals surface area contributed by atoms with Crippen molar-refractivity contribution in [3.8, 4) is 0 Å². The molecule has 1 unspecified atom stereocenters. The van der Waals surface area contributed by atoms with Gasteiger partial charge in [-0.1, -0.05) is 26.3 Å². The van der Waals surface area contributed by atoms with Gasteiger partial charge in [0.15, 0.2) is 0 Å². The molecule has 3 nitrogen and oxygen atoms in total. The quantitative estimate of drug-likeness (QED) is 0.906. The maximum atomic E-state index is 6.00. The zero-order valence-corrected chi connectivity index (χ0v) is 12.5. The Morgan fingerprint density at radius 3 is 2.53 bits per heavy atom. The van der Waals surface area contributed by atoms with E-state index in [1.807, 2.05) is 13.1 Å². The van der Waals surface area contributed by atoms with E-state index in [2.05, 4.69) is 35.9 Å². The fraction of sp³-hybridized carbons (Fsp3) is 0.688. The zero-order valence-electron chi connectivity index (χ0n) is 12.5. The number of piperidine rings is 1. The van der Waals surface area contributed by atoms with Crippen molar-refractivity contribution >= 4 is 0 Å². The van der Waals surface area contributed by atoms with Crippen LogP contribution in [0, 0.1) is 12.3 Å². The van der Waals surface area contributed by atoms with Crippen LogP contribution in [0.15, 0.2) is 18.3 Å². The first kappa shape index (κ1) is 14.5. The molecule has 2 N–H and O–H groups in total. The second-order valence-corrected chi connectivity index (χ2v) is 6.18. The van der Waals surface area contributed by atoms with Crippen LogP contribution < -0.4 is 5.73 Å². The van der Waals surface area contributed by atoms with Crippen LogP contribution in [0.1, 0.15) is 50.4 Å². The lowest BCUT2D eigenvalue weighted by Gasteiger charge is -2.42. The average Bonchev–Trinajstić information content (AvgIpc) is 2.44. The first-order chi connectivity index (χ1) is 9.08. The van der Waals surface area contributed by atoms with Gasteiger partial charge in [-0.05, 0) is 49.9 Å². The maximum Gasteiger partial charge on any atom is 0.0485 e. The van der Waals surface area contributed by atoms with Crippen LogP contribution in [-0.2, 0) is 0 Å². The van der Waals surface area contributed by atoms with E-state index >= 15 is 0 Å². The Balaban J connectivity index is 2.05. The molecule has 2 rings (SSSR count). The van der Waals surface area contributed by atoms with Gasteiger partial charge in [0.25, 0.3) is 0 Å². The number of nitrogens with zero attached hydrogens (tertiary/aromatic N) is 2. The number of hydrogen-bond donors (Lipinski definition) is 1. The van der Waals surface area contributed by atoms with Gasteiger partial charge in [0.05, 0.1) is 0 Å². The molecule has 0 aliphatic carbocycles. The topological polar surface area (TPSA) is 42.1 Å². The van der Waals surface area contributed by atoms with Crippen molar-refractivity contribution in [3.63, 3.8) is 0 Å². The van der Waals surface area contributed by atoms with Gasteiger partial charge < -0.3 is 5.73 Å². The van der Waals surface area contributed by atoms with E-state index in [0.29, 0.717) is 18.0 Å². The zero-order chi connectivity index (χ0) is 13.9. The van der Waals surface area contributed by atoms with Gasteiger partial charge in [0.2, 0.25) is 0 Å². The van der Waals surface area contributed by atoms with Crippen LogP contribution in [0.3, 0.4) is 0 Å². The lowest BCUT2D eigenvalue weighted by atomic mass is 9.78. The second-order valence-electron chi connectivity index (χ2n) is 6.18. The van der Waals surface area contributed by atoms with E-state index in [-0.39, 0.29) is 0 Å². The van der Waals surface area contributed by atoms with E-state index in [4.69, 9.17) is 5.73 Å². The highest BCUT2D eigenvalue weighted by Gasteiger charge is 2.31.